The van der Waals surface area contributed by atoms with Gasteiger partial charge in [0, 0.05) is 19.4 Å². The summed E-state index contributed by atoms with van der Waals surface area (Å²) in [5.74, 6) is 0.448. The fourth-order valence-electron chi connectivity index (χ4n) is 1.02. The number of nitrogens with one attached hydrogen (secondary N) is 1. The van der Waals surface area contributed by atoms with Gasteiger partial charge in [0.25, 0.3) is 0 Å². The molecule has 1 aromatic heterocycles. The van der Waals surface area contributed by atoms with Crippen molar-refractivity contribution in [2.45, 2.75) is 13.0 Å². The lowest BCUT2D eigenvalue weighted by Gasteiger charge is -2.13. The highest BCUT2D eigenvalue weighted by Crippen LogP contribution is 2.08. The van der Waals surface area contributed by atoms with Crippen molar-refractivity contribution in [3.05, 3.63) is 30.1 Å². The quantitative estimate of drug-likeness (QED) is 0.517. The Morgan fingerprint density at radius 2 is 2.15 bits per heavy atom. The lowest BCUT2D eigenvalue weighted by atomic mass is 10.1. The summed E-state index contributed by atoms with van der Waals surface area (Å²) >= 11 is 0. The Morgan fingerprint density at radius 3 is 2.69 bits per heavy atom. The van der Waals surface area contributed by atoms with E-state index in [2.05, 4.69) is 15.3 Å². The van der Waals surface area contributed by atoms with Crippen LogP contribution in [0, 0.1) is 0 Å². The van der Waals surface area contributed by atoms with Crippen molar-refractivity contribution in [3.8, 4) is 0 Å². The number of hydrogen-bond donors (Lipinski definition) is 2. The Morgan fingerprint density at radius 1 is 1.54 bits per heavy atom. The molecule has 13 heavy (non-hydrogen) atoms. The van der Waals surface area contributed by atoms with Gasteiger partial charge in [0.2, 0.25) is 0 Å². The second-order valence-electron chi connectivity index (χ2n) is 2.76. The van der Waals surface area contributed by atoms with E-state index in [9.17, 15) is 0 Å². The van der Waals surface area contributed by atoms with Crippen LogP contribution in [0.1, 0.15) is 18.5 Å². The normalized spacial score (nSPS) is 13.8. The van der Waals surface area contributed by atoms with Gasteiger partial charge in [0.05, 0.1) is 6.04 Å². The first-order chi connectivity index (χ1) is 6.24. The van der Waals surface area contributed by atoms with Crippen LogP contribution in [0.25, 0.3) is 0 Å². The van der Waals surface area contributed by atoms with Gasteiger partial charge >= 0.3 is 0 Å². The van der Waals surface area contributed by atoms with Gasteiger partial charge in [0.1, 0.15) is 0 Å². The molecule has 0 bridgehead atoms. The number of pyridine rings is 1. The predicted molar refractivity (Wildman–Crippen MR) is 53.3 cm³/mol. The van der Waals surface area contributed by atoms with E-state index in [0.717, 1.165) is 5.56 Å². The van der Waals surface area contributed by atoms with Gasteiger partial charge < -0.3 is 11.1 Å². The third-order valence-electron chi connectivity index (χ3n) is 1.81. The molecule has 0 spiro atoms. The lowest BCUT2D eigenvalue weighted by Crippen LogP contribution is -2.33. The summed E-state index contributed by atoms with van der Waals surface area (Å²) in [4.78, 5) is 7.76. The van der Waals surface area contributed by atoms with Crippen molar-refractivity contribution in [2.24, 2.45) is 10.7 Å². The van der Waals surface area contributed by atoms with Crippen LogP contribution in [0.3, 0.4) is 0 Å². The lowest BCUT2D eigenvalue weighted by molar-refractivity contribution is 0.709. The molecule has 70 valence electrons. The third kappa shape index (κ3) is 2.74. The second-order valence-corrected chi connectivity index (χ2v) is 2.76. The van der Waals surface area contributed by atoms with Gasteiger partial charge in [-0.3, -0.25) is 9.98 Å². The monoisotopic (exact) mass is 178 g/mol. The zero-order chi connectivity index (χ0) is 9.68. The number of nitrogens with zero attached hydrogens (tertiary/aromatic N) is 2. The van der Waals surface area contributed by atoms with Gasteiger partial charge in [-0.25, -0.2) is 0 Å². The molecule has 0 amide bonds. The minimum Gasteiger partial charge on any atom is -0.370 e. The summed E-state index contributed by atoms with van der Waals surface area (Å²) < 4.78 is 0. The van der Waals surface area contributed by atoms with Crippen LogP contribution in [0.4, 0.5) is 0 Å². The van der Waals surface area contributed by atoms with Crippen LogP contribution < -0.4 is 11.1 Å². The van der Waals surface area contributed by atoms with E-state index in [-0.39, 0.29) is 6.04 Å². The fourth-order valence-corrected chi connectivity index (χ4v) is 1.02. The summed E-state index contributed by atoms with van der Waals surface area (Å²) in [6.45, 7) is 2.02. The van der Waals surface area contributed by atoms with Crippen molar-refractivity contribution < 1.29 is 0 Å². The van der Waals surface area contributed by atoms with Gasteiger partial charge in [-0.1, -0.05) is 0 Å². The van der Waals surface area contributed by atoms with E-state index < -0.39 is 0 Å². The molecule has 0 aliphatic heterocycles. The Bertz CT molecular complexity index is 281. The topological polar surface area (TPSA) is 63.3 Å². The third-order valence-corrected chi connectivity index (χ3v) is 1.81. The molecule has 0 fully saturated rings. The largest absolute Gasteiger partial charge is 0.370 e. The van der Waals surface area contributed by atoms with Gasteiger partial charge in [0.15, 0.2) is 5.96 Å². The highest BCUT2D eigenvalue weighted by atomic mass is 15.1. The first kappa shape index (κ1) is 9.51. The fraction of sp³-hybridized carbons (Fsp3) is 0.333. The number of rotatable bonds is 2. The molecule has 0 aliphatic carbocycles. The zero-order valence-corrected chi connectivity index (χ0v) is 7.86. The molecule has 4 nitrogen and oxygen atoms in total. The highest BCUT2D eigenvalue weighted by molar-refractivity contribution is 5.78. The predicted octanol–water partition coefficient (Wildman–Crippen LogP) is 0.677. The zero-order valence-electron chi connectivity index (χ0n) is 7.86. The number of hydrogen-bond acceptors (Lipinski definition) is 2. The molecule has 1 rings (SSSR count). The average Bonchev–Trinajstić information content (AvgIpc) is 2.19. The van der Waals surface area contributed by atoms with Crippen molar-refractivity contribution in [1.29, 1.82) is 0 Å². The molecule has 0 aromatic carbocycles. The molecular weight excluding hydrogens is 164 g/mol. The van der Waals surface area contributed by atoms with E-state index >= 15 is 0 Å². The Hall–Kier alpha value is -1.58. The van der Waals surface area contributed by atoms with Crippen molar-refractivity contribution in [3.63, 3.8) is 0 Å². The first-order valence-corrected chi connectivity index (χ1v) is 4.12. The second kappa shape index (κ2) is 4.45. The van der Waals surface area contributed by atoms with Crippen LogP contribution in [0.2, 0.25) is 0 Å². The van der Waals surface area contributed by atoms with Gasteiger partial charge in [-0.15, -0.1) is 0 Å². The highest BCUT2D eigenvalue weighted by Gasteiger charge is 2.03. The molecular formula is C9H14N4. The molecule has 0 unspecified atom stereocenters. The van der Waals surface area contributed by atoms with Crippen molar-refractivity contribution in [2.75, 3.05) is 7.05 Å². The Balaban J connectivity index is 2.64. The van der Waals surface area contributed by atoms with Crippen LogP contribution in [0.15, 0.2) is 29.5 Å². The molecule has 0 aliphatic rings. The van der Waals surface area contributed by atoms with E-state index in [0.29, 0.717) is 5.96 Å². The smallest absolute Gasteiger partial charge is 0.188 e. The van der Waals surface area contributed by atoms with E-state index in [1.165, 1.54) is 0 Å². The van der Waals surface area contributed by atoms with Gasteiger partial charge in [-0.2, -0.15) is 0 Å². The number of guanidine groups is 1. The minimum atomic E-state index is 0.159. The molecule has 1 aromatic rings. The molecule has 4 heteroatoms. The maximum atomic E-state index is 5.53. The van der Waals surface area contributed by atoms with E-state index in [1.807, 2.05) is 19.1 Å². The molecule has 0 radical (unpaired) electrons. The SMILES string of the molecule is CN=C(N)N[C@@H](C)c1ccncc1. The standard InChI is InChI=1S/C9H14N4/c1-7(13-9(10)11-2)8-3-5-12-6-4-8/h3-7H,1-2H3,(H3,10,11,13)/t7-/m0/s1. The van der Waals surface area contributed by atoms with Crippen LogP contribution in [-0.2, 0) is 0 Å². The van der Waals surface area contributed by atoms with Crippen molar-refractivity contribution >= 4 is 5.96 Å². The molecule has 1 heterocycles. The number of nitrogens with two attached hydrogens (primary N) is 1. The van der Waals surface area contributed by atoms with Crippen molar-refractivity contribution in [1.82, 2.24) is 10.3 Å². The van der Waals surface area contributed by atoms with Crippen LogP contribution >= 0.6 is 0 Å². The molecule has 1 atom stereocenters. The summed E-state index contributed by atoms with van der Waals surface area (Å²) in [6, 6.07) is 4.05. The van der Waals surface area contributed by atoms with E-state index in [4.69, 9.17) is 5.73 Å². The molecule has 0 saturated heterocycles. The number of aliphatic imine (C=N–C) groups is 1. The maximum Gasteiger partial charge on any atom is 0.188 e. The number of aromatic nitrogens is 1. The van der Waals surface area contributed by atoms with Crippen LogP contribution in [0.5, 0.6) is 0 Å². The van der Waals surface area contributed by atoms with Crippen LogP contribution in [-0.4, -0.2) is 18.0 Å². The average molecular weight is 178 g/mol. The summed E-state index contributed by atoms with van der Waals surface area (Å²) in [7, 11) is 1.65. The molecule has 3 N–H and O–H groups in total. The van der Waals surface area contributed by atoms with Gasteiger partial charge in [-0.05, 0) is 24.6 Å². The Labute approximate surface area is 77.9 Å². The minimum absolute atomic E-state index is 0.159. The summed E-state index contributed by atoms with van der Waals surface area (Å²) in [5, 5.41) is 3.05. The maximum absolute atomic E-state index is 5.53. The Kier molecular flexibility index (Phi) is 3.25. The summed E-state index contributed by atoms with van der Waals surface area (Å²) in [6.07, 6.45) is 3.51. The first-order valence-electron chi connectivity index (χ1n) is 4.12. The van der Waals surface area contributed by atoms with E-state index in [1.54, 1.807) is 19.4 Å². The summed E-state index contributed by atoms with van der Waals surface area (Å²) in [5.41, 5.74) is 6.67. The molecule has 0 saturated carbocycles.